The molecule has 0 nitrogen and oxygen atoms in total. The molecule has 0 aromatic rings. The zero-order valence-corrected chi connectivity index (χ0v) is 13.7. The molecule has 0 saturated heterocycles. The van der Waals surface area contributed by atoms with Crippen molar-refractivity contribution in [3.8, 4) is 0 Å². The third-order valence-electron chi connectivity index (χ3n) is 2.90. The molecule has 0 heteroatoms. The molecule has 0 atom stereocenters. The van der Waals surface area contributed by atoms with Crippen LogP contribution in [-0.4, -0.2) is 0 Å². The van der Waals surface area contributed by atoms with E-state index in [4.69, 9.17) is 0 Å². The van der Waals surface area contributed by atoms with Gasteiger partial charge in [0.15, 0.2) is 0 Å². The van der Waals surface area contributed by atoms with Crippen molar-refractivity contribution in [2.24, 2.45) is 0 Å². The lowest BCUT2D eigenvalue weighted by atomic mass is 10.2. The first kappa shape index (κ1) is 18.4. The third-order valence-corrected chi connectivity index (χ3v) is 2.90. The van der Waals surface area contributed by atoms with E-state index in [1.807, 2.05) is 85.1 Å². The maximum atomic E-state index is 2.21. The molecule has 23 heavy (non-hydrogen) atoms. The van der Waals surface area contributed by atoms with Crippen molar-refractivity contribution in [2.75, 3.05) is 0 Å². The van der Waals surface area contributed by atoms with Crippen LogP contribution in [0.2, 0.25) is 0 Å². The molecule has 1 aliphatic carbocycles. The minimum absolute atomic E-state index is 1.12. The van der Waals surface area contributed by atoms with Gasteiger partial charge in [-0.2, -0.15) is 0 Å². The SMILES string of the molecule is C1=CCCC/C=C/C=C/C=C\C=C\C=C\C=C/C=C/C=C/C=C/1. The van der Waals surface area contributed by atoms with Crippen LogP contribution in [0.25, 0.3) is 0 Å². The summed E-state index contributed by atoms with van der Waals surface area (Å²) in [5.74, 6) is 0. The van der Waals surface area contributed by atoms with E-state index in [1.165, 1.54) is 6.42 Å². The summed E-state index contributed by atoms with van der Waals surface area (Å²) in [6, 6.07) is 0. The molecule has 0 unspecified atom stereocenters. The van der Waals surface area contributed by atoms with E-state index in [-0.39, 0.29) is 0 Å². The highest BCUT2D eigenvalue weighted by molar-refractivity contribution is 5.22. The predicted molar refractivity (Wildman–Crippen MR) is 105 cm³/mol. The van der Waals surface area contributed by atoms with Crippen molar-refractivity contribution in [1.29, 1.82) is 0 Å². The Labute approximate surface area is 141 Å². The average molecular weight is 302 g/mol. The van der Waals surface area contributed by atoms with E-state index < -0.39 is 0 Å². The predicted octanol–water partition coefficient (Wildman–Crippen LogP) is 6.73. The van der Waals surface area contributed by atoms with Gasteiger partial charge in [0.1, 0.15) is 0 Å². The zero-order chi connectivity index (χ0) is 16.3. The standard InChI is InChI=1S/C23H26/c1-2-4-6-8-10-12-14-16-18-20-22-23-21-19-17-15-13-11-9-7-5-3-1/h1-20H,21-23H2/b3-1-,4-2+,7-5+,8-6+,11-9+,12-10-,15-13+,16-14+,19-17?,20-18+. The largest absolute Gasteiger partial charge is 0.0845 e. The third kappa shape index (κ3) is 14.1. The summed E-state index contributed by atoms with van der Waals surface area (Å²) >= 11 is 0. The molecule has 1 aliphatic rings. The fourth-order valence-electron chi connectivity index (χ4n) is 1.73. The molecule has 118 valence electrons. The fourth-order valence-corrected chi connectivity index (χ4v) is 1.73. The molecule has 0 bridgehead atoms. The molecule has 0 radical (unpaired) electrons. The summed E-state index contributed by atoms with van der Waals surface area (Å²) in [5.41, 5.74) is 0. The van der Waals surface area contributed by atoms with Gasteiger partial charge in [0.25, 0.3) is 0 Å². The van der Waals surface area contributed by atoms with Gasteiger partial charge in [0.05, 0.1) is 0 Å². The van der Waals surface area contributed by atoms with Gasteiger partial charge in [-0.1, -0.05) is 122 Å². The Morgan fingerprint density at radius 3 is 0.739 bits per heavy atom. The van der Waals surface area contributed by atoms with E-state index in [9.17, 15) is 0 Å². The van der Waals surface area contributed by atoms with E-state index in [1.54, 1.807) is 0 Å². The van der Waals surface area contributed by atoms with E-state index in [0.717, 1.165) is 12.8 Å². The quantitative estimate of drug-likeness (QED) is 0.465. The molecule has 0 aromatic heterocycles. The Morgan fingerprint density at radius 1 is 0.261 bits per heavy atom. The minimum Gasteiger partial charge on any atom is -0.0845 e. The average Bonchev–Trinajstić information content (AvgIpc) is 2.56. The monoisotopic (exact) mass is 302 g/mol. The second-order valence-corrected chi connectivity index (χ2v) is 4.87. The summed E-state index contributed by atoms with van der Waals surface area (Å²) in [6.07, 6.45) is 44.5. The van der Waals surface area contributed by atoms with Crippen LogP contribution in [0, 0.1) is 0 Å². The van der Waals surface area contributed by atoms with Crippen molar-refractivity contribution in [3.05, 3.63) is 122 Å². The highest BCUT2D eigenvalue weighted by atomic mass is 13.8. The lowest BCUT2D eigenvalue weighted by Gasteiger charge is -1.88. The first-order valence-electron chi connectivity index (χ1n) is 8.15. The van der Waals surface area contributed by atoms with Gasteiger partial charge >= 0.3 is 0 Å². The summed E-state index contributed by atoms with van der Waals surface area (Å²) in [5, 5.41) is 0. The van der Waals surface area contributed by atoms with Crippen LogP contribution in [0.15, 0.2) is 122 Å². The Balaban J connectivity index is 2.56. The van der Waals surface area contributed by atoms with Crippen LogP contribution in [0.1, 0.15) is 19.3 Å². The zero-order valence-electron chi connectivity index (χ0n) is 13.7. The normalized spacial score (nSPS) is 29.6. The lowest BCUT2D eigenvalue weighted by Crippen LogP contribution is -1.68. The molecular weight excluding hydrogens is 276 g/mol. The highest BCUT2D eigenvalue weighted by Crippen LogP contribution is 1.98. The number of hydrogen-bond donors (Lipinski definition) is 0. The summed E-state index contributed by atoms with van der Waals surface area (Å²) < 4.78 is 0. The Kier molecular flexibility index (Phi) is 12.7. The molecular formula is C23H26. The van der Waals surface area contributed by atoms with Crippen molar-refractivity contribution in [2.45, 2.75) is 19.3 Å². The van der Waals surface area contributed by atoms with Gasteiger partial charge in [-0.25, -0.2) is 0 Å². The van der Waals surface area contributed by atoms with Crippen molar-refractivity contribution in [3.63, 3.8) is 0 Å². The Bertz CT molecular complexity index is 515. The summed E-state index contributed by atoms with van der Waals surface area (Å²) in [6.45, 7) is 0. The molecule has 0 aliphatic heterocycles. The van der Waals surface area contributed by atoms with E-state index in [2.05, 4.69) is 36.5 Å². The maximum Gasteiger partial charge on any atom is -0.0345 e. The van der Waals surface area contributed by atoms with Crippen LogP contribution in [0.3, 0.4) is 0 Å². The van der Waals surface area contributed by atoms with Gasteiger partial charge in [-0.05, 0) is 19.3 Å². The second-order valence-electron chi connectivity index (χ2n) is 4.87. The van der Waals surface area contributed by atoms with Crippen LogP contribution in [0.4, 0.5) is 0 Å². The molecule has 0 fully saturated rings. The summed E-state index contributed by atoms with van der Waals surface area (Å²) in [7, 11) is 0. The van der Waals surface area contributed by atoms with Gasteiger partial charge in [-0.3, -0.25) is 0 Å². The van der Waals surface area contributed by atoms with Gasteiger partial charge in [0.2, 0.25) is 0 Å². The lowest BCUT2D eigenvalue weighted by molar-refractivity contribution is 0.868. The smallest absolute Gasteiger partial charge is 0.0345 e. The minimum atomic E-state index is 1.12. The maximum absolute atomic E-state index is 2.21. The fraction of sp³-hybridized carbons (Fsp3) is 0.130. The highest BCUT2D eigenvalue weighted by Gasteiger charge is 1.78. The second kappa shape index (κ2) is 15.8. The van der Waals surface area contributed by atoms with Crippen molar-refractivity contribution in [1.82, 2.24) is 0 Å². The van der Waals surface area contributed by atoms with Gasteiger partial charge in [-0.15, -0.1) is 0 Å². The van der Waals surface area contributed by atoms with Gasteiger partial charge < -0.3 is 0 Å². The van der Waals surface area contributed by atoms with Crippen molar-refractivity contribution < 1.29 is 0 Å². The first-order chi connectivity index (χ1) is 11.5. The molecule has 0 aromatic carbocycles. The molecule has 0 heterocycles. The van der Waals surface area contributed by atoms with Crippen LogP contribution >= 0.6 is 0 Å². The topological polar surface area (TPSA) is 0 Å². The molecule has 0 amide bonds. The first-order valence-corrected chi connectivity index (χ1v) is 8.15. The summed E-state index contributed by atoms with van der Waals surface area (Å²) in [4.78, 5) is 0. The number of allylic oxidation sites excluding steroid dienone is 20. The Morgan fingerprint density at radius 2 is 0.478 bits per heavy atom. The molecule has 0 N–H and O–H groups in total. The van der Waals surface area contributed by atoms with E-state index in [0.29, 0.717) is 0 Å². The number of rotatable bonds is 0. The number of hydrogen-bond acceptors (Lipinski definition) is 0. The van der Waals surface area contributed by atoms with Crippen LogP contribution in [0.5, 0.6) is 0 Å². The van der Waals surface area contributed by atoms with Crippen LogP contribution in [-0.2, 0) is 0 Å². The molecule has 0 spiro atoms. The van der Waals surface area contributed by atoms with Gasteiger partial charge in [0, 0.05) is 0 Å². The van der Waals surface area contributed by atoms with Crippen molar-refractivity contribution >= 4 is 0 Å². The van der Waals surface area contributed by atoms with Crippen LogP contribution < -0.4 is 0 Å². The molecule has 1 rings (SSSR count). The Hall–Kier alpha value is -2.60. The van der Waals surface area contributed by atoms with E-state index >= 15 is 0 Å². The molecule has 0 saturated carbocycles.